The van der Waals surface area contributed by atoms with Crippen LogP contribution in [-0.2, 0) is 0 Å². The van der Waals surface area contributed by atoms with E-state index in [0.29, 0.717) is 30.3 Å². The van der Waals surface area contributed by atoms with Gasteiger partial charge < -0.3 is 18.8 Å². The zero-order valence-corrected chi connectivity index (χ0v) is 17.7. The second kappa shape index (κ2) is 8.18. The second-order valence-electron chi connectivity index (χ2n) is 7.41. The number of benzene rings is 2. The number of Topliss-reactive ketones (excluding diaryl/α,β-unsaturated/α-hetero) is 1. The van der Waals surface area contributed by atoms with Crippen LogP contribution < -0.4 is 14.2 Å². The van der Waals surface area contributed by atoms with Crippen LogP contribution in [0.5, 0.6) is 17.2 Å². The van der Waals surface area contributed by atoms with Gasteiger partial charge in [-0.05, 0) is 54.6 Å². The summed E-state index contributed by atoms with van der Waals surface area (Å²) < 4.78 is 20.6. The third-order valence-electron chi connectivity index (χ3n) is 5.32. The first-order chi connectivity index (χ1) is 15.6. The molecule has 0 aliphatic carbocycles. The van der Waals surface area contributed by atoms with Crippen molar-refractivity contribution in [2.24, 2.45) is 0 Å². The van der Waals surface area contributed by atoms with Crippen molar-refractivity contribution in [3.05, 3.63) is 71.8 Å². The van der Waals surface area contributed by atoms with Crippen LogP contribution in [0.1, 0.15) is 21.7 Å². The summed E-state index contributed by atoms with van der Waals surface area (Å²) in [5.41, 5.74) is 4.07. The quantitative estimate of drug-likeness (QED) is 0.433. The van der Waals surface area contributed by atoms with E-state index in [0.717, 1.165) is 28.5 Å². The first-order valence-electron chi connectivity index (χ1n) is 10.2. The van der Waals surface area contributed by atoms with Gasteiger partial charge in [0.2, 0.25) is 5.78 Å². The van der Waals surface area contributed by atoms with Gasteiger partial charge in [-0.25, -0.2) is 4.68 Å². The van der Waals surface area contributed by atoms with Gasteiger partial charge in [-0.1, -0.05) is 6.07 Å². The van der Waals surface area contributed by atoms with Crippen LogP contribution >= 0.6 is 0 Å². The molecular formula is C23H21N5O4. The van der Waals surface area contributed by atoms with Crippen LogP contribution in [0, 0.1) is 13.8 Å². The van der Waals surface area contributed by atoms with E-state index in [4.69, 9.17) is 14.2 Å². The van der Waals surface area contributed by atoms with Crippen LogP contribution in [0.4, 0.5) is 0 Å². The normalized spacial score (nSPS) is 12.6. The Balaban J connectivity index is 1.35. The number of aryl methyl sites for hydroxylation is 1. The fourth-order valence-corrected chi connectivity index (χ4v) is 3.84. The number of hydrogen-bond acceptors (Lipinski definition) is 7. The maximum absolute atomic E-state index is 13.0. The van der Waals surface area contributed by atoms with Gasteiger partial charge in [-0.2, -0.15) is 0 Å². The summed E-state index contributed by atoms with van der Waals surface area (Å²) in [6, 6.07) is 14.9. The number of rotatable bonds is 6. The lowest BCUT2D eigenvalue weighted by molar-refractivity contribution is 0.0921. The van der Waals surface area contributed by atoms with Gasteiger partial charge in [0, 0.05) is 34.8 Å². The van der Waals surface area contributed by atoms with Crippen molar-refractivity contribution in [1.29, 1.82) is 0 Å². The Hall–Kier alpha value is -4.14. The number of ketones is 1. The fourth-order valence-electron chi connectivity index (χ4n) is 3.84. The minimum Gasteiger partial charge on any atom is -0.486 e. The van der Waals surface area contributed by atoms with Gasteiger partial charge in [0.15, 0.2) is 18.1 Å². The maximum Gasteiger partial charge on any atom is 0.202 e. The summed E-state index contributed by atoms with van der Waals surface area (Å²) in [6.07, 6.45) is 1.50. The van der Waals surface area contributed by atoms with Gasteiger partial charge in [-0.3, -0.25) is 4.79 Å². The predicted molar refractivity (Wildman–Crippen MR) is 115 cm³/mol. The van der Waals surface area contributed by atoms with E-state index >= 15 is 0 Å². The molecule has 0 atom stereocenters. The van der Waals surface area contributed by atoms with Crippen molar-refractivity contribution in [3.8, 4) is 28.6 Å². The molecule has 0 bridgehead atoms. The average molecular weight is 431 g/mol. The van der Waals surface area contributed by atoms with Crippen LogP contribution in [0.25, 0.3) is 11.4 Å². The van der Waals surface area contributed by atoms with Crippen LogP contribution in [0.2, 0.25) is 0 Å². The zero-order valence-electron chi connectivity index (χ0n) is 17.7. The molecule has 32 heavy (non-hydrogen) atoms. The summed E-state index contributed by atoms with van der Waals surface area (Å²) in [4.78, 5) is 13.0. The van der Waals surface area contributed by atoms with Crippen molar-refractivity contribution in [3.63, 3.8) is 0 Å². The minimum atomic E-state index is -0.102. The molecule has 5 rings (SSSR count). The Kier molecular flexibility index (Phi) is 5.06. The van der Waals surface area contributed by atoms with Crippen molar-refractivity contribution in [2.45, 2.75) is 13.8 Å². The minimum absolute atomic E-state index is 0.0789. The Bertz CT molecular complexity index is 1280. The summed E-state index contributed by atoms with van der Waals surface area (Å²) >= 11 is 0. The third kappa shape index (κ3) is 3.68. The average Bonchev–Trinajstić information content (AvgIpc) is 3.46. The van der Waals surface area contributed by atoms with E-state index in [2.05, 4.69) is 15.5 Å². The van der Waals surface area contributed by atoms with Crippen molar-refractivity contribution < 1.29 is 19.0 Å². The Morgan fingerprint density at radius 1 is 1.03 bits per heavy atom. The highest BCUT2D eigenvalue weighted by atomic mass is 16.6. The van der Waals surface area contributed by atoms with Gasteiger partial charge in [0.05, 0.1) is 5.69 Å². The smallest absolute Gasteiger partial charge is 0.202 e. The number of ether oxygens (including phenoxy) is 3. The van der Waals surface area contributed by atoms with E-state index in [9.17, 15) is 4.79 Å². The molecule has 0 saturated heterocycles. The molecule has 0 saturated carbocycles. The lowest BCUT2D eigenvalue weighted by Gasteiger charge is -2.20. The monoisotopic (exact) mass is 431 g/mol. The largest absolute Gasteiger partial charge is 0.486 e. The van der Waals surface area contributed by atoms with Gasteiger partial charge in [0.25, 0.3) is 0 Å². The Labute approximate surface area is 184 Å². The fraction of sp³-hybridized carbons (Fsp3) is 0.217. The van der Waals surface area contributed by atoms with E-state index < -0.39 is 0 Å². The summed E-state index contributed by atoms with van der Waals surface area (Å²) in [7, 11) is 0. The van der Waals surface area contributed by atoms with Crippen molar-refractivity contribution in [2.75, 3.05) is 19.8 Å². The van der Waals surface area contributed by atoms with E-state index in [-0.39, 0.29) is 12.4 Å². The molecule has 4 aromatic rings. The van der Waals surface area contributed by atoms with Crippen molar-refractivity contribution >= 4 is 5.78 Å². The van der Waals surface area contributed by atoms with Crippen LogP contribution in [0.15, 0.2) is 54.9 Å². The molecule has 1 aliphatic rings. The number of hydrogen-bond donors (Lipinski definition) is 0. The van der Waals surface area contributed by atoms with E-state index in [1.54, 1.807) is 12.1 Å². The number of carbonyl (C=O) groups is 1. The highest BCUT2D eigenvalue weighted by molar-refractivity contribution is 5.98. The number of carbonyl (C=O) groups excluding carboxylic acids is 1. The number of nitrogens with zero attached hydrogens (tertiary/aromatic N) is 5. The molecule has 9 heteroatoms. The molecule has 1 aliphatic heterocycles. The van der Waals surface area contributed by atoms with Gasteiger partial charge in [0.1, 0.15) is 25.3 Å². The Morgan fingerprint density at radius 3 is 2.69 bits per heavy atom. The van der Waals surface area contributed by atoms with Crippen LogP contribution in [0.3, 0.4) is 0 Å². The molecule has 9 nitrogen and oxygen atoms in total. The zero-order chi connectivity index (χ0) is 22.1. The number of aromatic nitrogens is 5. The van der Waals surface area contributed by atoms with E-state index in [1.807, 2.05) is 54.8 Å². The second-order valence-corrected chi connectivity index (χ2v) is 7.41. The highest BCUT2D eigenvalue weighted by Gasteiger charge is 2.19. The number of tetrazole rings is 1. The molecule has 3 heterocycles. The molecule has 0 spiro atoms. The summed E-state index contributed by atoms with van der Waals surface area (Å²) in [6.45, 7) is 4.89. The molecular weight excluding hydrogens is 410 g/mol. The Morgan fingerprint density at radius 2 is 1.88 bits per heavy atom. The lowest BCUT2D eigenvalue weighted by atomic mass is 10.1. The summed E-state index contributed by atoms with van der Waals surface area (Å²) in [5.74, 6) is 1.90. The SMILES string of the molecule is Cc1cc(C(=O)COc2cccc(-n3cnnn3)c2)c(C)n1-c1ccc2c(c1)OCCO2. The van der Waals surface area contributed by atoms with Crippen molar-refractivity contribution in [1.82, 2.24) is 24.8 Å². The van der Waals surface area contributed by atoms with Gasteiger partial charge >= 0.3 is 0 Å². The molecule has 162 valence electrons. The number of fused-ring (bicyclic) bond motifs is 1. The topological polar surface area (TPSA) is 93.3 Å². The standard InChI is InChI=1S/C23H21N5O4/c1-15-10-20(16(2)28(15)18-6-7-22-23(12-18)31-9-8-30-22)21(29)13-32-19-5-3-4-17(11-19)27-14-24-25-26-27/h3-7,10-12,14H,8-9,13H2,1-2H3. The molecule has 0 fully saturated rings. The van der Waals surface area contributed by atoms with Crippen LogP contribution in [-0.4, -0.2) is 50.4 Å². The molecule has 0 unspecified atom stereocenters. The highest BCUT2D eigenvalue weighted by Crippen LogP contribution is 2.33. The lowest BCUT2D eigenvalue weighted by Crippen LogP contribution is -2.15. The molecule has 0 N–H and O–H groups in total. The molecule has 2 aromatic heterocycles. The molecule has 2 aromatic carbocycles. The summed E-state index contributed by atoms with van der Waals surface area (Å²) in [5, 5.41) is 11.1. The predicted octanol–water partition coefficient (Wildman–Crippen LogP) is 3.10. The van der Waals surface area contributed by atoms with E-state index in [1.165, 1.54) is 11.0 Å². The van der Waals surface area contributed by atoms with Gasteiger partial charge in [-0.15, -0.1) is 5.10 Å². The first kappa shape index (κ1) is 19.8. The third-order valence-corrected chi connectivity index (χ3v) is 5.32. The molecule has 0 radical (unpaired) electrons. The first-order valence-corrected chi connectivity index (χ1v) is 10.2. The maximum atomic E-state index is 13.0. The molecule has 0 amide bonds.